The number of rotatable bonds is 6. The number of unbranched alkanes of at least 4 members (excludes halogenated alkanes) is 1. The van der Waals surface area contributed by atoms with Gasteiger partial charge in [0.1, 0.15) is 0 Å². The molecule has 0 aromatic rings. The molecule has 2 nitrogen and oxygen atoms in total. The maximum absolute atomic E-state index is 11.3. The number of hydrogen-bond acceptors (Lipinski definition) is 2. The largest absolute Gasteiger partial charge is 0.462 e. The third kappa shape index (κ3) is 5.05. The Labute approximate surface area is 86.3 Å². The highest BCUT2D eigenvalue weighted by Crippen LogP contribution is 2.28. The summed E-state index contributed by atoms with van der Waals surface area (Å²) in [6.45, 7) is 4.77. The molecule has 0 radical (unpaired) electrons. The van der Waals surface area contributed by atoms with Crippen LogP contribution in [0.25, 0.3) is 0 Å². The molecule has 80 valence electrons. The van der Waals surface area contributed by atoms with Gasteiger partial charge in [-0.1, -0.05) is 18.9 Å². The lowest BCUT2D eigenvalue weighted by atomic mass is 10.1. The fourth-order valence-corrected chi connectivity index (χ4v) is 1.26. The zero-order valence-corrected chi connectivity index (χ0v) is 9.21. The minimum atomic E-state index is -0.162. The first kappa shape index (κ1) is 11.3. The topological polar surface area (TPSA) is 26.3 Å². The Bertz CT molecular complexity index is 214. The fraction of sp³-hybridized carbons (Fsp3) is 0.750. The molecule has 1 fully saturated rings. The minimum absolute atomic E-state index is 0.162. The van der Waals surface area contributed by atoms with Crippen molar-refractivity contribution in [2.24, 2.45) is 5.92 Å². The summed E-state index contributed by atoms with van der Waals surface area (Å²) in [4.78, 5) is 11.3. The van der Waals surface area contributed by atoms with E-state index < -0.39 is 0 Å². The molecule has 0 atom stereocenters. The molecule has 1 rings (SSSR count). The molecule has 1 aliphatic rings. The van der Waals surface area contributed by atoms with Crippen molar-refractivity contribution < 1.29 is 9.53 Å². The van der Waals surface area contributed by atoms with Crippen molar-refractivity contribution >= 4 is 5.97 Å². The normalized spacial score (nSPS) is 16.9. The molecule has 0 saturated heterocycles. The SMILES string of the molecule is CCCCC(C)=CC(=O)OCC1CC1. The molecule has 0 aromatic heterocycles. The summed E-state index contributed by atoms with van der Waals surface area (Å²) in [5.41, 5.74) is 1.13. The molecule has 0 bridgehead atoms. The quantitative estimate of drug-likeness (QED) is 0.482. The van der Waals surface area contributed by atoms with Crippen LogP contribution < -0.4 is 0 Å². The number of carbonyl (C=O) groups excluding carboxylic acids is 1. The molecule has 0 N–H and O–H groups in total. The van der Waals surface area contributed by atoms with Gasteiger partial charge in [-0.15, -0.1) is 0 Å². The maximum Gasteiger partial charge on any atom is 0.330 e. The average molecular weight is 196 g/mol. The van der Waals surface area contributed by atoms with Crippen LogP contribution in [0.3, 0.4) is 0 Å². The third-order valence-electron chi connectivity index (χ3n) is 2.45. The Morgan fingerprint density at radius 2 is 2.21 bits per heavy atom. The molecular formula is C12H20O2. The van der Waals surface area contributed by atoms with Gasteiger partial charge in [-0.25, -0.2) is 4.79 Å². The van der Waals surface area contributed by atoms with Crippen LogP contribution in [-0.4, -0.2) is 12.6 Å². The number of carbonyl (C=O) groups is 1. The lowest BCUT2D eigenvalue weighted by Crippen LogP contribution is -2.04. The second kappa shape index (κ2) is 5.84. The van der Waals surface area contributed by atoms with E-state index in [9.17, 15) is 4.79 Å². The smallest absolute Gasteiger partial charge is 0.330 e. The van der Waals surface area contributed by atoms with Crippen LogP contribution >= 0.6 is 0 Å². The van der Waals surface area contributed by atoms with Gasteiger partial charge in [-0.2, -0.15) is 0 Å². The van der Waals surface area contributed by atoms with Crippen LogP contribution in [0.4, 0.5) is 0 Å². The predicted molar refractivity (Wildman–Crippen MR) is 57.0 cm³/mol. The van der Waals surface area contributed by atoms with Crippen LogP contribution in [0.1, 0.15) is 46.0 Å². The molecule has 14 heavy (non-hydrogen) atoms. The van der Waals surface area contributed by atoms with Gasteiger partial charge >= 0.3 is 5.97 Å². The molecular weight excluding hydrogens is 176 g/mol. The summed E-state index contributed by atoms with van der Waals surface area (Å²) in [5, 5.41) is 0. The van der Waals surface area contributed by atoms with Gasteiger partial charge < -0.3 is 4.74 Å². The van der Waals surface area contributed by atoms with Crippen LogP contribution in [0.5, 0.6) is 0 Å². The third-order valence-corrected chi connectivity index (χ3v) is 2.45. The second-order valence-corrected chi connectivity index (χ2v) is 4.17. The van der Waals surface area contributed by atoms with Crippen molar-refractivity contribution in [2.75, 3.05) is 6.61 Å². The van der Waals surface area contributed by atoms with Crippen molar-refractivity contribution in [1.29, 1.82) is 0 Å². The molecule has 1 saturated carbocycles. The van der Waals surface area contributed by atoms with E-state index >= 15 is 0 Å². The van der Waals surface area contributed by atoms with E-state index in [2.05, 4.69) is 6.92 Å². The molecule has 0 heterocycles. The van der Waals surface area contributed by atoms with E-state index in [1.165, 1.54) is 19.3 Å². The van der Waals surface area contributed by atoms with Crippen molar-refractivity contribution in [1.82, 2.24) is 0 Å². The number of hydrogen-bond donors (Lipinski definition) is 0. The molecule has 0 amide bonds. The van der Waals surface area contributed by atoms with Gasteiger partial charge in [-0.05, 0) is 38.5 Å². The highest BCUT2D eigenvalue weighted by atomic mass is 16.5. The summed E-state index contributed by atoms with van der Waals surface area (Å²) in [7, 11) is 0. The lowest BCUT2D eigenvalue weighted by Gasteiger charge is -2.01. The Balaban J connectivity index is 2.14. The van der Waals surface area contributed by atoms with E-state index in [-0.39, 0.29) is 5.97 Å². The predicted octanol–water partition coefficient (Wildman–Crippen LogP) is 3.08. The van der Waals surface area contributed by atoms with E-state index in [1.807, 2.05) is 6.92 Å². The van der Waals surface area contributed by atoms with Gasteiger partial charge in [-0.3, -0.25) is 0 Å². The van der Waals surface area contributed by atoms with Crippen molar-refractivity contribution in [2.45, 2.75) is 46.0 Å². The first-order valence-electron chi connectivity index (χ1n) is 5.56. The fourth-order valence-electron chi connectivity index (χ4n) is 1.26. The van der Waals surface area contributed by atoms with E-state index in [4.69, 9.17) is 4.74 Å². The Hall–Kier alpha value is -0.790. The van der Waals surface area contributed by atoms with E-state index in [0.29, 0.717) is 12.5 Å². The number of allylic oxidation sites excluding steroid dienone is 1. The summed E-state index contributed by atoms with van der Waals surface area (Å²) in [5.74, 6) is 0.494. The summed E-state index contributed by atoms with van der Waals surface area (Å²) < 4.78 is 5.10. The Morgan fingerprint density at radius 3 is 2.79 bits per heavy atom. The highest BCUT2D eigenvalue weighted by Gasteiger charge is 2.22. The van der Waals surface area contributed by atoms with Crippen molar-refractivity contribution in [3.63, 3.8) is 0 Å². The van der Waals surface area contributed by atoms with Crippen LogP contribution in [0, 0.1) is 5.92 Å². The summed E-state index contributed by atoms with van der Waals surface area (Å²) in [6, 6.07) is 0. The van der Waals surface area contributed by atoms with E-state index in [0.717, 1.165) is 18.4 Å². The zero-order chi connectivity index (χ0) is 10.4. The average Bonchev–Trinajstić information content (AvgIpc) is 2.95. The van der Waals surface area contributed by atoms with Crippen molar-refractivity contribution in [3.05, 3.63) is 11.6 Å². The maximum atomic E-state index is 11.3. The zero-order valence-electron chi connectivity index (χ0n) is 9.21. The van der Waals surface area contributed by atoms with Crippen LogP contribution in [0.15, 0.2) is 11.6 Å². The first-order chi connectivity index (χ1) is 6.72. The first-order valence-corrected chi connectivity index (χ1v) is 5.56. The van der Waals surface area contributed by atoms with Crippen LogP contribution in [-0.2, 0) is 9.53 Å². The molecule has 0 aromatic carbocycles. The van der Waals surface area contributed by atoms with Gasteiger partial charge in [0.05, 0.1) is 6.61 Å². The second-order valence-electron chi connectivity index (χ2n) is 4.17. The standard InChI is InChI=1S/C12H20O2/c1-3-4-5-10(2)8-12(13)14-9-11-6-7-11/h8,11H,3-7,9H2,1-2H3. The molecule has 2 heteroatoms. The highest BCUT2D eigenvalue weighted by molar-refractivity contribution is 5.82. The molecule has 0 spiro atoms. The summed E-state index contributed by atoms with van der Waals surface area (Å²) >= 11 is 0. The van der Waals surface area contributed by atoms with Gasteiger partial charge in [0.25, 0.3) is 0 Å². The number of esters is 1. The molecule has 1 aliphatic carbocycles. The molecule has 0 unspecified atom stereocenters. The Kier molecular flexibility index (Phi) is 4.71. The minimum Gasteiger partial charge on any atom is -0.462 e. The monoisotopic (exact) mass is 196 g/mol. The number of ether oxygens (including phenoxy) is 1. The van der Waals surface area contributed by atoms with E-state index in [1.54, 1.807) is 6.08 Å². The lowest BCUT2D eigenvalue weighted by molar-refractivity contribution is -0.138. The molecule has 0 aliphatic heterocycles. The van der Waals surface area contributed by atoms with Gasteiger partial charge in [0.2, 0.25) is 0 Å². The van der Waals surface area contributed by atoms with Gasteiger partial charge in [0.15, 0.2) is 0 Å². The van der Waals surface area contributed by atoms with Crippen LogP contribution in [0.2, 0.25) is 0 Å². The Morgan fingerprint density at radius 1 is 1.50 bits per heavy atom. The van der Waals surface area contributed by atoms with Gasteiger partial charge in [0, 0.05) is 6.08 Å². The van der Waals surface area contributed by atoms with Crippen molar-refractivity contribution in [3.8, 4) is 0 Å². The summed E-state index contributed by atoms with van der Waals surface area (Å²) in [6.07, 6.45) is 7.42.